The maximum absolute atomic E-state index is 8.63. The van der Waals surface area contributed by atoms with Gasteiger partial charge in [-0.15, -0.1) is 0 Å². The SMILES string of the molecule is Oc1ccccc1.[SiH3]O[SiH3]. The predicted molar refractivity (Wildman–Crippen MR) is 49.1 cm³/mol. The molecule has 0 fully saturated rings. The van der Waals surface area contributed by atoms with Crippen molar-refractivity contribution in [3.8, 4) is 5.75 Å². The largest absolute Gasteiger partial charge is 0.508 e. The number of phenolic OH excluding ortho intramolecular Hbond substituents is 1. The second kappa shape index (κ2) is 6.53. The molecule has 1 N–H and O–H groups in total. The van der Waals surface area contributed by atoms with Gasteiger partial charge < -0.3 is 9.22 Å². The number of rotatable bonds is 0. The Morgan fingerprint density at radius 3 is 1.70 bits per heavy atom. The monoisotopic (exact) mass is 172 g/mol. The van der Waals surface area contributed by atoms with Gasteiger partial charge in [0.15, 0.2) is 0 Å². The first-order valence-electron chi connectivity index (χ1n) is 2.95. The van der Waals surface area contributed by atoms with Crippen LogP contribution in [0.1, 0.15) is 0 Å². The second-order valence-corrected chi connectivity index (χ2v) is 5.01. The quantitative estimate of drug-likeness (QED) is 0.506. The molecule has 0 bridgehead atoms. The van der Waals surface area contributed by atoms with E-state index in [0.29, 0.717) is 5.75 Å². The molecule has 0 atom stereocenters. The van der Waals surface area contributed by atoms with Crippen molar-refractivity contribution < 1.29 is 9.22 Å². The van der Waals surface area contributed by atoms with E-state index < -0.39 is 0 Å². The lowest BCUT2D eigenvalue weighted by atomic mass is 10.3. The molecule has 0 radical (unpaired) electrons. The van der Waals surface area contributed by atoms with Crippen molar-refractivity contribution in [2.75, 3.05) is 0 Å². The normalized spacial score (nSPS) is 8.40. The zero-order valence-corrected chi connectivity index (χ0v) is 10.2. The summed E-state index contributed by atoms with van der Waals surface area (Å²) < 4.78 is 4.53. The van der Waals surface area contributed by atoms with E-state index in [1.807, 2.05) is 6.07 Å². The van der Waals surface area contributed by atoms with Gasteiger partial charge in [-0.25, -0.2) is 0 Å². The summed E-state index contributed by atoms with van der Waals surface area (Å²) in [7, 11) is 1.86. The Kier molecular flexibility index (Phi) is 6.15. The van der Waals surface area contributed by atoms with Crippen molar-refractivity contribution >= 4 is 21.0 Å². The van der Waals surface area contributed by atoms with Crippen LogP contribution in [0.3, 0.4) is 0 Å². The number of aromatic hydroxyl groups is 1. The molecule has 0 aliphatic heterocycles. The highest BCUT2D eigenvalue weighted by Crippen LogP contribution is 2.02. The van der Waals surface area contributed by atoms with Gasteiger partial charge in [0.05, 0.1) is 0 Å². The fourth-order valence-electron chi connectivity index (χ4n) is 0.428. The topological polar surface area (TPSA) is 29.5 Å². The molecule has 0 aromatic heterocycles. The van der Waals surface area contributed by atoms with Crippen LogP contribution in [-0.2, 0) is 4.12 Å². The van der Waals surface area contributed by atoms with E-state index in [1.54, 1.807) is 24.3 Å². The van der Waals surface area contributed by atoms with Crippen molar-refractivity contribution in [3.63, 3.8) is 0 Å². The van der Waals surface area contributed by atoms with Crippen LogP contribution in [0, 0.1) is 0 Å². The Balaban J connectivity index is 0.000000236. The molecule has 4 heteroatoms. The van der Waals surface area contributed by atoms with Crippen LogP contribution in [0.5, 0.6) is 5.75 Å². The summed E-state index contributed by atoms with van der Waals surface area (Å²) >= 11 is 0. The Bertz CT molecular complexity index is 155. The minimum Gasteiger partial charge on any atom is -0.508 e. The van der Waals surface area contributed by atoms with E-state index in [4.69, 9.17) is 5.11 Å². The van der Waals surface area contributed by atoms with E-state index in [9.17, 15) is 0 Å². The van der Waals surface area contributed by atoms with Crippen molar-refractivity contribution in [2.24, 2.45) is 0 Å². The lowest BCUT2D eigenvalue weighted by Gasteiger charge is -1.82. The third kappa shape index (κ3) is 5.55. The van der Waals surface area contributed by atoms with E-state index in [1.165, 1.54) is 0 Å². The molecule has 56 valence electrons. The van der Waals surface area contributed by atoms with Crippen LogP contribution in [0.2, 0.25) is 0 Å². The van der Waals surface area contributed by atoms with Crippen LogP contribution in [0.4, 0.5) is 0 Å². The van der Waals surface area contributed by atoms with Crippen molar-refractivity contribution in [2.45, 2.75) is 0 Å². The van der Waals surface area contributed by atoms with E-state index in [2.05, 4.69) is 4.12 Å². The third-order valence-electron chi connectivity index (χ3n) is 0.756. The fraction of sp³-hybridized carbons (Fsp3) is 0. The highest BCUT2D eigenvalue weighted by molar-refractivity contribution is 6.15. The molecule has 0 saturated carbocycles. The number of hydrogen-bond acceptors (Lipinski definition) is 2. The summed E-state index contributed by atoms with van der Waals surface area (Å²) in [5, 5.41) is 8.63. The average molecular weight is 172 g/mol. The predicted octanol–water partition coefficient (Wildman–Crippen LogP) is -1.04. The molecule has 1 rings (SSSR count). The third-order valence-corrected chi connectivity index (χ3v) is 0.756. The highest BCUT2D eigenvalue weighted by Gasteiger charge is 1.74. The summed E-state index contributed by atoms with van der Waals surface area (Å²) in [6.45, 7) is 0. The van der Waals surface area contributed by atoms with Gasteiger partial charge in [-0.05, 0) is 12.1 Å². The molecule has 0 amide bonds. The standard InChI is InChI=1S/C6H6O.H6OSi2/c7-6-4-2-1-3-5-6;2-1-3/h1-5,7H;2-3H3. The van der Waals surface area contributed by atoms with Crippen LogP contribution < -0.4 is 0 Å². The highest BCUT2D eigenvalue weighted by atomic mass is 28.3. The molecule has 0 unspecified atom stereocenters. The molecule has 0 saturated heterocycles. The number of phenols is 1. The molecular formula is C6H12O2Si2. The van der Waals surface area contributed by atoms with Crippen LogP contribution in [0.25, 0.3) is 0 Å². The Labute approximate surface area is 66.9 Å². The van der Waals surface area contributed by atoms with Gasteiger partial charge in [-0.1, -0.05) is 18.2 Å². The van der Waals surface area contributed by atoms with E-state index in [0.717, 1.165) is 21.0 Å². The van der Waals surface area contributed by atoms with Gasteiger partial charge in [0, 0.05) is 0 Å². The zero-order chi connectivity index (χ0) is 7.82. The lowest BCUT2D eigenvalue weighted by molar-refractivity contribution is 0.475. The maximum atomic E-state index is 8.63. The summed E-state index contributed by atoms with van der Waals surface area (Å²) in [6, 6.07) is 8.71. The Morgan fingerprint density at radius 1 is 1.10 bits per heavy atom. The average Bonchev–Trinajstić information content (AvgIpc) is 1.91. The zero-order valence-electron chi connectivity index (χ0n) is 6.24. The molecule has 1 aromatic rings. The summed E-state index contributed by atoms with van der Waals surface area (Å²) in [6.07, 6.45) is 0. The van der Waals surface area contributed by atoms with Gasteiger partial charge in [-0.2, -0.15) is 0 Å². The van der Waals surface area contributed by atoms with Crippen molar-refractivity contribution in [3.05, 3.63) is 30.3 Å². The summed E-state index contributed by atoms with van der Waals surface area (Å²) in [4.78, 5) is 0. The molecular weight excluding hydrogens is 160 g/mol. The molecule has 0 spiro atoms. The summed E-state index contributed by atoms with van der Waals surface area (Å²) in [5.74, 6) is 0.322. The molecule has 10 heavy (non-hydrogen) atoms. The molecule has 1 aromatic carbocycles. The van der Waals surface area contributed by atoms with Gasteiger partial charge in [0.25, 0.3) is 0 Å². The van der Waals surface area contributed by atoms with Crippen LogP contribution in [-0.4, -0.2) is 26.1 Å². The Morgan fingerprint density at radius 2 is 1.50 bits per heavy atom. The van der Waals surface area contributed by atoms with Gasteiger partial charge >= 0.3 is 0 Å². The van der Waals surface area contributed by atoms with Gasteiger partial charge in [-0.3, -0.25) is 0 Å². The summed E-state index contributed by atoms with van der Waals surface area (Å²) in [5.41, 5.74) is 0. The molecule has 0 heterocycles. The second-order valence-electron chi connectivity index (χ2n) is 1.74. The smallest absolute Gasteiger partial charge is 0.129 e. The fourth-order valence-corrected chi connectivity index (χ4v) is 0.428. The number of para-hydroxylation sites is 1. The van der Waals surface area contributed by atoms with E-state index in [-0.39, 0.29) is 0 Å². The lowest BCUT2D eigenvalue weighted by Crippen LogP contribution is -1.65. The minimum atomic E-state index is 0.322. The number of hydrogen-bond donors (Lipinski definition) is 1. The molecule has 2 nitrogen and oxygen atoms in total. The number of benzene rings is 1. The first-order valence-corrected chi connectivity index (χ1v) is 4.58. The van der Waals surface area contributed by atoms with Crippen LogP contribution in [0.15, 0.2) is 30.3 Å². The molecule has 0 aliphatic rings. The minimum absolute atomic E-state index is 0.322. The van der Waals surface area contributed by atoms with Crippen molar-refractivity contribution in [1.29, 1.82) is 0 Å². The first-order chi connectivity index (χ1) is 4.81. The van der Waals surface area contributed by atoms with Gasteiger partial charge in [0.2, 0.25) is 0 Å². The van der Waals surface area contributed by atoms with Crippen LogP contribution >= 0.6 is 0 Å². The maximum Gasteiger partial charge on any atom is 0.129 e. The Hall–Kier alpha value is -0.586. The van der Waals surface area contributed by atoms with Crippen molar-refractivity contribution in [1.82, 2.24) is 0 Å². The van der Waals surface area contributed by atoms with Gasteiger partial charge in [0.1, 0.15) is 26.7 Å². The molecule has 0 aliphatic carbocycles. The van der Waals surface area contributed by atoms with E-state index >= 15 is 0 Å². The first kappa shape index (κ1) is 9.41.